The topological polar surface area (TPSA) is 79.5 Å². The lowest BCUT2D eigenvalue weighted by molar-refractivity contribution is -0.138. The second-order valence-corrected chi connectivity index (χ2v) is 5.93. The minimum absolute atomic E-state index is 0.128. The Labute approximate surface area is 123 Å². The Bertz CT molecular complexity index is 659. The molecule has 3 rings (SSSR count). The molecule has 2 aromatic heterocycles. The monoisotopic (exact) mass is 288 g/mol. The molecule has 2 N–H and O–H groups in total. The summed E-state index contributed by atoms with van der Waals surface area (Å²) in [5, 5.41) is 17.0. The van der Waals surface area contributed by atoms with E-state index in [1.807, 2.05) is 13.0 Å². The van der Waals surface area contributed by atoms with E-state index in [2.05, 4.69) is 15.4 Å². The third-order valence-electron chi connectivity index (χ3n) is 4.20. The van der Waals surface area contributed by atoms with Gasteiger partial charge in [0.25, 0.3) is 0 Å². The van der Waals surface area contributed by atoms with Crippen molar-refractivity contribution >= 4 is 17.3 Å². The number of anilines is 1. The number of carboxylic acid groups (broad SMARTS) is 1. The number of rotatable bonds is 4. The Morgan fingerprint density at radius 2 is 2.19 bits per heavy atom. The lowest BCUT2D eigenvalue weighted by Gasteiger charge is -2.37. The third-order valence-corrected chi connectivity index (χ3v) is 4.20. The first-order chi connectivity index (χ1) is 10.1. The number of aromatic nitrogens is 3. The Morgan fingerprint density at radius 3 is 2.90 bits per heavy atom. The smallest absolute Gasteiger partial charge is 0.305 e. The first-order valence-corrected chi connectivity index (χ1v) is 7.39. The van der Waals surface area contributed by atoms with Crippen LogP contribution >= 0.6 is 0 Å². The molecule has 112 valence electrons. The summed E-state index contributed by atoms with van der Waals surface area (Å²) in [6.07, 6.45) is 8.65. The number of carbonyl (C=O) groups is 1. The summed E-state index contributed by atoms with van der Waals surface area (Å²) in [7, 11) is 0. The second-order valence-electron chi connectivity index (χ2n) is 5.93. The molecule has 6 nitrogen and oxygen atoms in total. The predicted octanol–water partition coefficient (Wildman–Crippen LogP) is 2.63. The van der Waals surface area contributed by atoms with E-state index in [1.54, 1.807) is 16.9 Å². The maximum absolute atomic E-state index is 11.3. The van der Waals surface area contributed by atoms with Crippen LogP contribution in [-0.4, -0.2) is 31.2 Å². The summed E-state index contributed by atoms with van der Waals surface area (Å²) in [4.78, 5) is 15.7. The van der Waals surface area contributed by atoms with Crippen LogP contribution in [0.4, 0.5) is 5.82 Å². The molecule has 0 saturated heterocycles. The van der Waals surface area contributed by atoms with E-state index in [0.717, 1.165) is 42.7 Å². The molecule has 0 amide bonds. The largest absolute Gasteiger partial charge is 0.481 e. The number of nitrogens with zero attached hydrogens (tertiary/aromatic N) is 3. The van der Waals surface area contributed by atoms with Gasteiger partial charge >= 0.3 is 5.97 Å². The van der Waals surface area contributed by atoms with Crippen LogP contribution in [-0.2, 0) is 4.79 Å². The Balaban J connectivity index is 1.95. The quantitative estimate of drug-likeness (QED) is 0.904. The van der Waals surface area contributed by atoms with Crippen molar-refractivity contribution in [3.8, 4) is 0 Å². The number of hydrogen-bond acceptors (Lipinski definition) is 4. The number of carboxylic acids is 1. The van der Waals surface area contributed by atoms with Crippen LogP contribution in [0.25, 0.3) is 5.52 Å². The highest BCUT2D eigenvalue weighted by atomic mass is 16.4. The summed E-state index contributed by atoms with van der Waals surface area (Å²) in [6, 6.07) is 1.96. The number of nitrogens with one attached hydrogen (secondary N) is 1. The summed E-state index contributed by atoms with van der Waals surface area (Å²) in [5.41, 5.74) is 1.42. The van der Waals surface area contributed by atoms with Crippen molar-refractivity contribution in [2.24, 2.45) is 0 Å². The third kappa shape index (κ3) is 2.84. The highest BCUT2D eigenvalue weighted by Gasteiger charge is 2.35. The maximum atomic E-state index is 11.3. The van der Waals surface area contributed by atoms with Crippen LogP contribution < -0.4 is 5.32 Å². The van der Waals surface area contributed by atoms with Crippen LogP contribution in [0.1, 0.15) is 44.2 Å². The normalized spacial score (nSPS) is 17.8. The van der Waals surface area contributed by atoms with Gasteiger partial charge in [-0.3, -0.25) is 4.79 Å². The molecule has 0 spiro atoms. The molecule has 2 heterocycles. The first kappa shape index (κ1) is 13.9. The molecule has 0 aliphatic heterocycles. The fraction of sp³-hybridized carbons (Fsp3) is 0.533. The molecule has 0 bridgehead atoms. The lowest BCUT2D eigenvalue weighted by Crippen LogP contribution is -2.42. The number of aliphatic carboxylic acids is 1. The van der Waals surface area contributed by atoms with Gasteiger partial charge in [0.15, 0.2) is 5.82 Å². The average Bonchev–Trinajstić information content (AvgIpc) is 2.80. The fourth-order valence-electron chi connectivity index (χ4n) is 3.26. The van der Waals surface area contributed by atoms with Crippen molar-refractivity contribution in [1.29, 1.82) is 0 Å². The number of hydrogen-bond donors (Lipinski definition) is 2. The molecule has 6 heteroatoms. The average molecular weight is 288 g/mol. The molecule has 0 atom stereocenters. The molecule has 1 aliphatic carbocycles. The van der Waals surface area contributed by atoms with E-state index in [1.165, 1.54) is 6.42 Å². The van der Waals surface area contributed by atoms with E-state index in [4.69, 9.17) is 0 Å². The van der Waals surface area contributed by atoms with Gasteiger partial charge in [-0.1, -0.05) is 19.3 Å². The zero-order chi connectivity index (χ0) is 14.9. The van der Waals surface area contributed by atoms with E-state index < -0.39 is 11.5 Å². The van der Waals surface area contributed by atoms with Crippen LogP contribution in [0.15, 0.2) is 18.5 Å². The van der Waals surface area contributed by atoms with Crippen LogP contribution in [0.5, 0.6) is 0 Å². The van der Waals surface area contributed by atoms with Crippen molar-refractivity contribution in [2.75, 3.05) is 5.32 Å². The molecule has 0 unspecified atom stereocenters. The van der Waals surface area contributed by atoms with Gasteiger partial charge in [-0.2, -0.15) is 5.10 Å². The first-order valence-electron chi connectivity index (χ1n) is 7.39. The van der Waals surface area contributed by atoms with Crippen molar-refractivity contribution < 1.29 is 9.90 Å². The number of fused-ring (bicyclic) bond motifs is 1. The van der Waals surface area contributed by atoms with Crippen LogP contribution in [0.3, 0.4) is 0 Å². The lowest BCUT2D eigenvalue weighted by atomic mass is 9.79. The SMILES string of the molecule is Cc1cc2c(NC3(CC(=O)O)CCCCC3)nccn2n1. The summed E-state index contributed by atoms with van der Waals surface area (Å²) < 4.78 is 1.78. The molecule has 1 aliphatic rings. The van der Waals surface area contributed by atoms with Crippen LogP contribution in [0, 0.1) is 6.92 Å². The van der Waals surface area contributed by atoms with E-state index in [0.29, 0.717) is 0 Å². The standard InChI is InChI=1S/C15H20N4O2/c1-11-9-12-14(16-7-8-19(12)18-11)17-15(10-13(20)21)5-3-2-4-6-15/h7-9H,2-6,10H2,1H3,(H,16,17)(H,20,21). The maximum Gasteiger partial charge on any atom is 0.305 e. The van der Waals surface area contributed by atoms with Crippen molar-refractivity contribution in [3.05, 3.63) is 24.2 Å². The Hall–Kier alpha value is -2.11. The van der Waals surface area contributed by atoms with E-state index in [-0.39, 0.29) is 6.42 Å². The molecule has 21 heavy (non-hydrogen) atoms. The summed E-state index contributed by atoms with van der Waals surface area (Å²) in [5.74, 6) is -0.0395. The molecular weight excluding hydrogens is 268 g/mol. The van der Waals surface area contributed by atoms with Crippen molar-refractivity contribution in [1.82, 2.24) is 14.6 Å². The molecule has 1 fully saturated rings. The minimum atomic E-state index is -0.763. The highest BCUT2D eigenvalue weighted by molar-refractivity contribution is 5.72. The zero-order valence-corrected chi connectivity index (χ0v) is 12.2. The van der Waals surface area contributed by atoms with E-state index >= 15 is 0 Å². The van der Waals surface area contributed by atoms with Crippen LogP contribution in [0.2, 0.25) is 0 Å². The molecule has 0 aromatic carbocycles. The van der Waals surface area contributed by atoms with Crippen molar-refractivity contribution in [2.45, 2.75) is 51.0 Å². The molecule has 2 aromatic rings. The van der Waals surface area contributed by atoms with Gasteiger partial charge in [-0.05, 0) is 25.8 Å². The zero-order valence-electron chi connectivity index (χ0n) is 12.2. The molecular formula is C15H20N4O2. The number of aryl methyl sites for hydroxylation is 1. The van der Waals surface area contributed by atoms with Gasteiger partial charge in [0.1, 0.15) is 5.52 Å². The Morgan fingerprint density at radius 1 is 1.43 bits per heavy atom. The second kappa shape index (κ2) is 5.35. The van der Waals surface area contributed by atoms with E-state index in [9.17, 15) is 9.90 Å². The van der Waals surface area contributed by atoms with Gasteiger partial charge < -0.3 is 10.4 Å². The van der Waals surface area contributed by atoms with Gasteiger partial charge in [-0.25, -0.2) is 9.50 Å². The van der Waals surface area contributed by atoms with Crippen molar-refractivity contribution in [3.63, 3.8) is 0 Å². The highest BCUT2D eigenvalue weighted by Crippen LogP contribution is 2.35. The summed E-state index contributed by atoms with van der Waals surface area (Å²) in [6.45, 7) is 1.93. The molecule has 0 radical (unpaired) electrons. The van der Waals surface area contributed by atoms with Gasteiger partial charge in [-0.15, -0.1) is 0 Å². The predicted molar refractivity (Wildman–Crippen MR) is 79.4 cm³/mol. The van der Waals surface area contributed by atoms with Gasteiger partial charge in [0.05, 0.1) is 12.1 Å². The summed E-state index contributed by atoms with van der Waals surface area (Å²) >= 11 is 0. The minimum Gasteiger partial charge on any atom is -0.481 e. The van der Waals surface area contributed by atoms with Gasteiger partial charge in [0, 0.05) is 17.9 Å². The fourth-order valence-corrected chi connectivity index (χ4v) is 3.26. The van der Waals surface area contributed by atoms with Gasteiger partial charge in [0.2, 0.25) is 0 Å². The molecule has 1 saturated carbocycles. The Kier molecular flexibility index (Phi) is 3.53.